The second-order valence-electron chi connectivity index (χ2n) is 5.61. The van der Waals surface area contributed by atoms with Crippen LogP contribution in [0.15, 0.2) is 18.2 Å². The quantitative estimate of drug-likeness (QED) is 0.878. The second kappa shape index (κ2) is 4.76. The molecule has 2 fully saturated rings. The van der Waals surface area contributed by atoms with Crippen molar-refractivity contribution < 1.29 is 14.6 Å². The van der Waals surface area contributed by atoms with E-state index in [0.29, 0.717) is 17.2 Å². The number of phenolic OH excluding ortho intramolecular Hbond substituents is 1. The molecule has 2 saturated carbocycles. The molecular formula is C15H19NO3. The Labute approximate surface area is 112 Å². The van der Waals surface area contributed by atoms with Gasteiger partial charge in [-0.25, -0.2) is 0 Å². The van der Waals surface area contributed by atoms with Crippen LogP contribution in [0.5, 0.6) is 11.5 Å². The molecule has 4 heteroatoms. The van der Waals surface area contributed by atoms with Crippen molar-refractivity contribution in [1.29, 1.82) is 0 Å². The van der Waals surface area contributed by atoms with Crippen molar-refractivity contribution >= 4 is 5.91 Å². The van der Waals surface area contributed by atoms with Crippen molar-refractivity contribution in [3.8, 4) is 11.5 Å². The highest BCUT2D eigenvalue weighted by Crippen LogP contribution is 2.44. The van der Waals surface area contributed by atoms with Gasteiger partial charge >= 0.3 is 0 Å². The first-order chi connectivity index (χ1) is 9.19. The lowest BCUT2D eigenvalue weighted by Gasteiger charge is -2.23. The number of amides is 1. The van der Waals surface area contributed by atoms with E-state index in [1.165, 1.54) is 26.4 Å². The van der Waals surface area contributed by atoms with E-state index < -0.39 is 0 Å². The summed E-state index contributed by atoms with van der Waals surface area (Å²) in [6.07, 6.45) is 4.86. The summed E-state index contributed by atoms with van der Waals surface area (Å²) in [6.45, 7) is 0. The number of aromatic hydroxyl groups is 1. The Bertz CT molecular complexity index is 500. The zero-order chi connectivity index (χ0) is 13.4. The molecule has 0 aliphatic heterocycles. The number of rotatable bonds is 3. The first-order valence-electron chi connectivity index (χ1n) is 6.86. The average Bonchev–Trinajstić information content (AvgIpc) is 3.01. The Morgan fingerprint density at radius 3 is 2.84 bits per heavy atom. The normalized spacial score (nSPS) is 28.4. The maximum atomic E-state index is 12.2. The SMILES string of the molecule is COc1cccc(C(=O)NC2CC3CCC2C3)c1O. The first kappa shape index (κ1) is 12.3. The van der Waals surface area contributed by atoms with E-state index in [1.807, 2.05) is 0 Å². The number of hydrogen-bond donors (Lipinski definition) is 2. The van der Waals surface area contributed by atoms with E-state index in [4.69, 9.17) is 4.74 Å². The number of benzene rings is 1. The van der Waals surface area contributed by atoms with Crippen molar-refractivity contribution in [2.45, 2.75) is 31.7 Å². The van der Waals surface area contributed by atoms with Gasteiger partial charge in [0.05, 0.1) is 12.7 Å². The molecule has 0 saturated heterocycles. The van der Waals surface area contributed by atoms with E-state index in [-0.39, 0.29) is 17.7 Å². The Balaban J connectivity index is 1.74. The van der Waals surface area contributed by atoms with Crippen LogP contribution in [0.1, 0.15) is 36.0 Å². The second-order valence-corrected chi connectivity index (χ2v) is 5.61. The van der Waals surface area contributed by atoms with Crippen LogP contribution in [0.25, 0.3) is 0 Å². The van der Waals surface area contributed by atoms with Crippen LogP contribution in [0, 0.1) is 11.8 Å². The third-order valence-corrected chi connectivity index (χ3v) is 4.52. The molecule has 1 aromatic rings. The van der Waals surface area contributed by atoms with Gasteiger partial charge in [-0.1, -0.05) is 12.5 Å². The topological polar surface area (TPSA) is 58.6 Å². The molecule has 1 aromatic carbocycles. The van der Waals surface area contributed by atoms with E-state index in [0.717, 1.165) is 12.3 Å². The molecule has 2 aliphatic carbocycles. The van der Waals surface area contributed by atoms with Gasteiger partial charge in [-0.15, -0.1) is 0 Å². The lowest BCUT2D eigenvalue weighted by molar-refractivity contribution is 0.0919. The number of ether oxygens (including phenoxy) is 1. The predicted molar refractivity (Wildman–Crippen MR) is 71.4 cm³/mol. The Morgan fingerprint density at radius 2 is 2.21 bits per heavy atom. The summed E-state index contributed by atoms with van der Waals surface area (Å²) >= 11 is 0. The van der Waals surface area contributed by atoms with Crippen molar-refractivity contribution in [3.63, 3.8) is 0 Å². The fourth-order valence-corrected chi connectivity index (χ4v) is 3.54. The average molecular weight is 261 g/mol. The summed E-state index contributed by atoms with van der Waals surface area (Å²) in [5, 5.41) is 13.0. The molecule has 0 aromatic heterocycles. The number of hydrogen-bond acceptors (Lipinski definition) is 3. The van der Waals surface area contributed by atoms with Gasteiger partial charge in [0.1, 0.15) is 0 Å². The fourth-order valence-electron chi connectivity index (χ4n) is 3.54. The maximum Gasteiger partial charge on any atom is 0.255 e. The summed E-state index contributed by atoms with van der Waals surface area (Å²) in [6, 6.07) is 5.26. The van der Waals surface area contributed by atoms with E-state index in [2.05, 4.69) is 5.32 Å². The third-order valence-electron chi connectivity index (χ3n) is 4.52. The zero-order valence-electron chi connectivity index (χ0n) is 11.1. The summed E-state index contributed by atoms with van der Waals surface area (Å²) in [4.78, 5) is 12.2. The van der Waals surface area contributed by atoms with Crippen molar-refractivity contribution in [2.75, 3.05) is 7.11 Å². The van der Waals surface area contributed by atoms with Crippen LogP contribution >= 0.6 is 0 Å². The van der Waals surface area contributed by atoms with Gasteiger partial charge in [0.2, 0.25) is 0 Å². The lowest BCUT2D eigenvalue weighted by atomic mass is 9.95. The van der Waals surface area contributed by atoms with Gasteiger partial charge in [0.25, 0.3) is 5.91 Å². The number of methoxy groups -OCH3 is 1. The number of carbonyl (C=O) groups is 1. The molecule has 0 spiro atoms. The van der Waals surface area contributed by atoms with Gasteiger partial charge in [-0.3, -0.25) is 4.79 Å². The molecular weight excluding hydrogens is 242 g/mol. The molecule has 1 amide bonds. The van der Waals surface area contributed by atoms with Gasteiger partial charge in [-0.05, 0) is 43.2 Å². The third kappa shape index (κ3) is 2.15. The van der Waals surface area contributed by atoms with Crippen molar-refractivity contribution in [3.05, 3.63) is 23.8 Å². The smallest absolute Gasteiger partial charge is 0.255 e. The Kier molecular flexibility index (Phi) is 3.09. The molecule has 3 atom stereocenters. The highest BCUT2D eigenvalue weighted by Gasteiger charge is 2.40. The van der Waals surface area contributed by atoms with Gasteiger partial charge in [0, 0.05) is 6.04 Å². The minimum atomic E-state index is -0.200. The summed E-state index contributed by atoms with van der Waals surface area (Å²) in [5.74, 6) is 1.47. The Morgan fingerprint density at radius 1 is 1.37 bits per heavy atom. The maximum absolute atomic E-state index is 12.2. The number of nitrogens with one attached hydrogen (secondary N) is 1. The first-order valence-corrected chi connectivity index (χ1v) is 6.86. The highest BCUT2D eigenvalue weighted by molar-refractivity contribution is 5.97. The van der Waals surface area contributed by atoms with Gasteiger partial charge < -0.3 is 15.2 Å². The van der Waals surface area contributed by atoms with E-state index in [9.17, 15) is 9.90 Å². The molecule has 2 aliphatic rings. The largest absolute Gasteiger partial charge is 0.504 e. The summed E-state index contributed by atoms with van der Waals surface area (Å²) in [5.41, 5.74) is 0.294. The van der Waals surface area contributed by atoms with Crippen molar-refractivity contribution in [2.24, 2.45) is 11.8 Å². The van der Waals surface area contributed by atoms with Crippen LogP contribution in [0.2, 0.25) is 0 Å². The molecule has 102 valence electrons. The van der Waals surface area contributed by atoms with E-state index >= 15 is 0 Å². The van der Waals surface area contributed by atoms with Gasteiger partial charge in [0.15, 0.2) is 11.5 Å². The molecule has 19 heavy (non-hydrogen) atoms. The van der Waals surface area contributed by atoms with Crippen LogP contribution in [-0.2, 0) is 0 Å². The monoisotopic (exact) mass is 261 g/mol. The number of para-hydroxylation sites is 1. The van der Waals surface area contributed by atoms with Crippen molar-refractivity contribution in [1.82, 2.24) is 5.32 Å². The molecule has 3 rings (SSSR count). The molecule has 2 bridgehead atoms. The lowest BCUT2D eigenvalue weighted by Crippen LogP contribution is -2.38. The Hall–Kier alpha value is -1.71. The van der Waals surface area contributed by atoms with Crippen LogP contribution in [-0.4, -0.2) is 24.2 Å². The number of carbonyl (C=O) groups excluding carboxylic acids is 1. The number of fused-ring (bicyclic) bond motifs is 2. The van der Waals surface area contributed by atoms with Crippen LogP contribution in [0.3, 0.4) is 0 Å². The fraction of sp³-hybridized carbons (Fsp3) is 0.533. The zero-order valence-corrected chi connectivity index (χ0v) is 11.1. The molecule has 2 N–H and O–H groups in total. The van der Waals surface area contributed by atoms with Crippen LogP contribution < -0.4 is 10.1 Å². The minimum Gasteiger partial charge on any atom is -0.504 e. The van der Waals surface area contributed by atoms with E-state index in [1.54, 1.807) is 18.2 Å². The number of phenols is 1. The standard InChI is InChI=1S/C15H19NO3/c1-19-13-4-2-3-11(14(13)17)15(18)16-12-8-9-5-6-10(12)7-9/h2-4,9-10,12,17H,5-8H2,1H3,(H,16,18). The summed E-state index contributed by atoms with van der Waals surface area (Å²) in [7, 11) is 1.48. The predicted octanol–water partition coefficient (Wildman–Crippen LogP) is 2.32. The molecule has 4 nitrogen and oxygen atoms in total. The molecule has 0 radical (unpaired) electrons. The summed E-state index contributed by atoms with van der Waals surface area (Å²) < 4.78 is 5.03. The molecule has 3 unspecified atom stereocenters. The minimum absolute atomic E-state index is 0.0781. The van der Waals surface area contributed by atoms with Gasteiger partial charge in [-0.2, -0.15) is 0 Å². The molecule has 0 heterocycles. The highest BCUT2D eigenvalue weighted by atomic mass is 16.5. The van der Waals surface area contributed by atoms with Crippen LogP contribution in [0.4, 0.5) is 0 Å².